The molecule has 194 valence electrons. The van der Waals surface area contributed by atoms with Crippen molar-refractivity contribution in [2.45, 2.75) is 45.0 Å². The SMILES string of the molecule is COC1(c2cc3c(N[C@H](C)c4cccc(C(C)F)c4C)ncnc3n(C)c2=O)CCN(S(C)(=O)=O)C1. The first kappa shape index (κ1) is 26.2. The summed E-state index contributed by atoms with van der Waals surface area (Å²) in [6.45, 7) is 5.68. The lowest BCUT2D eigenvalue weighted by Crippen LogP contribution is -2.40. The first-order valence-corrected chi connectivity index (χ1v) is 13.6. The lowest BCUT2D eigenvalue weighted by Gasteiger charge is -2.28. The zero-order valence-corrected chi connectivity index (χ0v) is 22.2. The molecule has 1 aromatic carbocycles. The molecule has 2 aromatic heterocycles. The average Bonchev–Trinajstić information content (AvgIpc) is 3.28. The van der Waals surface area contributed by atoms with E-state index in [4.69, 9.17) is 4.74 Å². The molecule has 1 aliphatic heterocycles. The van der Waals surface area contributed by atoms with Crippen molar-refractivity contribution in [3.8, 4) is 0 Å². The van der Waals surface area contributed by atoms with Gasteiger partial charge in [-0.1, -0.05) is 18.2 Å². The zero-order chi connectivity index (χ0) is 26.4. The number of alkyl halides is 1. The van der Waals surface area contributed by atoms with Gasteiger partial charge in [0.05, 0.1) is 23.2 Å². The second-order valence-corrected chi connectivity index (χ2v) is 11.5. The molecule has 1 saturated heterocycles. The Labute approximate surface area is 210 Å². The number of hydrogen-bond acceptors (Lipinski definition) is 7. The first-order chi connectivity index (χ1) is 16.9. The van der Waals surface area contributed by atoms with Crippen LogP contribution in [-0.2, 0) is 27.4 Å². The molecule has 1 aliphatic rings. The molecule has 3 atom stereocenters. The molecule has 0 aliphatic carbocycles. The number of fused-ring (bicyclic) bond motifs is 1. The quantitative estimate of drug-likeness (QED) is 0.512. The van der Waals surface area contributed by atoms with Gasteiger partial charge in [-0.3, -0.25) is 9.36 Å². The number of hydrogen-bond donors (Lipinski definition) is 1. The van der Waals surface area contributed by atoms with Gasteiger partial charge in [-0.15, -0.1) is 0 Å². The van der Waals surface area contributed by atoms with Crippen molar-refractivity contribution in [1.82, 2.24) is 18.8 Å². The lowest BCUT2D eigenvalue weighted by molar-refractivity contribution is -0.00229. The molecule has 3 heterocycles. The summed E-state index contributed by atoms with van der Waals surface area (Å²) in [6, 6.07) is 7.05. The molecular weight excluding hydrogens is 485 g/mol. The number of methoxy groups -OCH3 is 1. The minimum atomic E-state index is -3.44. The van der Waals surface area contributed by atoms with Gasteiger partial charge in [0.2, 0.25) is 10.0 Å². The van der Waals surface area contributed by atoms with Gasteiger partial charge in [0, 0.05) is 27.2 Å². The van der Waals surface area contributed by atoms with Crippen LogP contribution in [0, 0.1) is 6.92 Å². The highest BCUT2D eigenvalue weighted by Gasteiger charge is 2.45. The normalized spacial score (nSPS) is 20.5. The molecule has 11 heteroatoms. The van der Waals surface area contributed by atoms with Crippen molar-refractivity contribution < 1.29 is 17.5 Å². The number of pyridine rings is 1. The second kappa shape index (κ2) is 9.53. The Kier molecular flexibility index (Phi) is 6.93. The largest absolute Gasteiger partial charge is 0.372 e. The maximum Gasteiger partial charge on any atom is 0.258 e. The van der Waals surface area contributed by atoms with E-state index in [-0.39, 0.29) is 24.7 Å². The van der Waals surface area contributed by atoms with Gasteiger partial charge in [0.25, 0.3) is 5.56 Å². The molecule has 0 radical (unpaired) electrons. The number of ether oxygens (including phenoxy) is 1. The Morgan fingerprint density at radius 1 is 1.22 bits per heavy atom. The van der Waals surface area contributed by atoms with Crippen LogP contribution in [0.25, 0.3) is 11.0 Å². The summed E-state index contributed by atoms with van der Waals surface area (Å²) in [4.78, 5) is 22.2. The Morgan fingerprint density at radius 2 is 1.92 bits per heavy atom. The topological polar surface area (TPSA) is 106 Å². The van der Waals surface area contributed by atoms with Crippen molar-refractivity contribution >= 4 is 26.9 Å². The smallest absolute Gasteiger partial charge is 0.258 e. The van der Waals surface area contributed by atoms with Crippen LogP contribution in [0.3, 0.4) is 0 Å². The summed E-state index contributed by atoms with van der Waals surface area (Å²) in [5.74, 6) is 0.506. The number of sulfonamides is 1. The van der Waals surface area contributed by atoms with E-state index in [2.05, 4.69) is 15.3 Å². The van der Waals surface area contributed by atoms with Gasteiger partial charge in [-0.05, 0) is 49.9 Å². The third-order valence-corrected chi connectivity index (χ3v) is 8.47. The Morgan fingerprint density at radius 3 is 2.53 bits per heavy atom. The van der Waals surface area contributed by atoms with Crippen LogP contribution < -0.4 is 10.9 Å². The van der Waals surface area contributed by atoms with Crippen molar-refractivity contribution in [1.29, 1.82) is 0 Å². The van der Waals surface area contributed by atoms with Gasteiger partial charge >= 0.3 is 0 Å². The molecule has 36 heavy (non-hydrogen) atoms. The molecule has 0 saturated carbocycles. The van der Waals surface area contributed by atoms with Gasteiger partial charge < -0.3 is 10.1 Å². The molecule has 0 amide bonds. The fraction of sp³-hybridized carbons (Fsp3) is 0.480. The van der Waals surface area contributed by atoms with Crippen LogP contribution >= 0.6 is 0 Å². The number of rotatable bonds is 7. The number of aromatic nitrogens is 3. The van der Waals surface area contributed by atoms with Crippen LogP contribution in [0.2, 0.25) is 0 Å². The van der Waals surface area contributed by atoms with E-state index in [9.17, 15) is 17.6 Å². The number of nitrogens with one attached hydrogen (secondary N) is 1. The van der Waals surface area contributed by atoms with E-state index in [1.165, 1.54) is 29.2 Å². The van der Waals surface area contributed by atoms with E-state index >= 15 is 0 Å². The highest BCUT2D eigenvalue weighted by molar-refractivity contribution is 7.88. The Hall–Kier alpha value is -2.89. The summed E-state index contributed by atoms with van der Waals surface area (Å²) in [7, 11) is -0.337. The van der Waals surface area contributed by atoms with Crippen LogP contribution in [0.15, 0.2) is 35.4 Å². The Bertz CT molecular complexity index is 1470. The van der Waals surface area contributed by atoms with Gasteiger partial charge in [0.1, 0.15) is 29.6 Å². The number of benzene rings is 1. The lowest BCUT2D eigenvalue weighted by atomic mass is 9.92. The standard InChI is InChI=1S/C25H32FN5O4S/c1-15-18(16(2)26)8-7-9-19(15)17(3)29-22-20-12-21(24(32)30(4)23(20)28-14-27-22)25(35-5)10-11-31(13-25)36(6,33)34/h7-9,12,14,16-17H,10-11,13H2,1-6H3,(H,27,28,29)/t16?,17-,25?/m1/s1. The molecule has 2 unspecified atom stereocenters. The molecule has 4 rings (SSSR count). The molecule has 9 nitrogen and oxygen atoms in total. The van der Waals surface area contributed by atoms with E-state index < -0.39 is 21.8 Å². The number of halogens is 1. The molecule has 0 bridgehead atoms. The molecule has 0 spiro atoms. The monoisotopic (exact) mass is 517 g/mol. The van der Waals surface area contributed by atoms with Gasteiger partial charge in [0.15, 0.2) is 0 Å². The summed E-state index contributed by atoms with van der Waals surface area (Å²) >= 11 is 0. The highest BCUT2D eigenvalue weighted by Crippen LogP contribution is 2.37. The van der Waals surface area contributed by atoms with E-state index in [1.807, 2.05) is 26.0 Å². The summed E-state index contributed by atoms with van der Waals surface area (Å²) in [6.07, 6.45) is 1.79. The van der Waals surface area contributed by atoms with Gasteiger partial charge in [-0.25, -0.2) is 22.8 Å². The minimum absolute atomic E-state index is 0.0450. The maximum absolute atomic E-state index is 14.1. The van der Waals surface area contributed by atoms with Crippen molar-refractivity contribution in [3.05, 3.63) is 63.2 Å². The predicted molar refractivity (Wildman–Crippen MR) is 137 cm³/mol. The van der Waals surface area contributed by atoms with E-state index in [0.29, 0.717) is 34.4 Å². The van der Waals surface area contributed by atoms with E-state index in [0.717, 1.165) is 17.4 Å². The highest BCUT2D eigenvalue weighted by atomic mass is 32.2. The average molecular weight is 518 g/mol. The summed E-state index contributed by atoms with van der Waals surface area (Å²) in [5, 5.41) is 4.00. The first-order valence-electron chi connectivity index (χ1n) is 11.7. The number of anilines is 1. The fourth-order valence-corrected chi connectivity index (χ4v) is 5.96. The van der Waals surface area contributed by atoms with Gasteiger partial charge in [-0.2, -0.15) is 4.31 Å². The summed E-state index contributed by atoms with van der Waals surface area (Å²) in [5.41, 5.74) is 1.81. The molecule has 3 aromatic rings. The van der Waals surface area contributed by atoms with E-state index in [1.54, 1.807) is 19.2 Å². The molecule has 1 N–H and O–H groups in total. The van der Waals surface area contributed by atoms with Crippen LogP contribution in [0.4, 0.5) is 10.2 Å². The second-order valence-electron chi connectivity index (χ2n) is 9.47. The number of aryl methyl sites for hydroxylation is 1. The molecular formula is C25H32FN5O4S. The zero-order valence-electron chi connectivity index (χ0n) is 21.4. The maximum atomic E-state index is 14.1. The Balaban J connectivity index is 1.81. The van der Waals surface area contributed by atoms with Crippen molar-refractivity contribution in [2.24, 2.45) is 7.05 Å². The van der Waals surface area contributed by atoms with Crippen molar-refractivity contribution in [3.63, 3.8) is 0 Å². The summed E-state index contributed by atoms with van der Waals surface area (Å²) < 4.78 is 47.0. The third-order valence-electron chi connectivity index (χ3n) is 7.22. The number of nitrogens with zero attached hydrogens (tertiary/aromatic N) is 4. The van der Waals surface area contributed by atoms with Crippen LogP contribution in [0.1, 0.15) is 54.7 Å². The van der Waals surface area contributed by atoms with Crippen LogP contribution in [-0.4, -0.2) is 53.7 Å². The minimum Gasteiger partial charge on any atom is -0.372 e. The van der Waals surface area contributed by atoms with Crippen LogP contribution in [0.5, 0.6) is 0 Å². The third kappa shape index (κ3) is 4.51. The molecule has 1 fully saturated rings. The van der Waals surface area contributed by atoms with Crippen molar-refractivity contribution in [2.75, 3.05) is 31.8 Å². The predicted octanol–water partition coefficient (Wildman–Crippen LogP) is 3.35. The fourth-order valence-electron chi connectivity index (χ4n) is 5.09.